The quantitative estimate of drug-likeness (QED) is 0.865. The maximum absolute atomic E-state index is 14.4. The molecular formula is C20H22FN3O2. The van der Waals surface area contributed by atoms with Gasteiger partial charge in [0.05, 0.1) is 5.69 Å². The molecule has 3 atom stereocenters. The van der Waals surface area contributed by atoms with Crippen LogP contribution in [0.5, 0.6) is 0 Å². The number of alkyl carbamates (subject to hydrolysis) is 1. The molecule has 2 heterocycles. The van der Waals surface area contributed by atoms with Crippen LogP contribution in [0.3, 0.4) is 0 Å². The van der Waals surface area contributed by atoms with Gasteiger partial charge in [-0.15, -0.1) is 0 Å². The van der Waals surface area contributed by atoms with E-state index >= 15 is 0 Å². The lowest BCUT2D eigenvalue weighted by atomic mass is 9.95. The van der Waals surface area contributed by atoms with Gasteiger partial charge in [0.15, 0.2) is 0 Å². The van der Waals surface area contributed by atoms with E-state index in [4.69, 9.17) is 4.74 Å². The van der Waals surface area contributed by atoms with Gasteiger partial charge in [0.1, 0.15) is 12.4 Å². The van der Waals surface area contributed by atoms with Crippen molar-refractivity contribution < 1.29 is 13.9 Å². The molecule has 1 saturated heterocycles. The van der Waals surface area contributed by atoms with E-state index in [-0.39, 0.29) is 18.3 Å². The predicted molar refractivity (Wildman–Crippen MR) is 95.0 cm³/mol. The van der Waals surface area contributed by atoms with Gasteiger partial charge in [-0.25, -0.2) is 9.18 Å². The van der Waals surface area contributed by atoms with Crippen LogP contribution in [0, 0.1) is 17.7 Å². The number of halogens is 1. The summed E-state index contributed by atoms with van der Waals surface area (Å²) in [5.41, 5.74) is 0.945. The highest BCUT2D eigenvalue weighted by Gasteiger charge is 2.67. The number of carbonyl (C=O) groups is 1. The molecule has 1 aromatic carbocycles. The fourth-order valence-electron chi connectivity index (χ4n) is 4.32. The van der Waals surface area contributed by atoms with E-state index in [2.05, 4.69) is 15.6 Å². The van der Waals surface area contributed by atoms with Crippen molar-refractivity contribution in [3.8, 4) is 0 Å². The van der Waals surface area contributed by atoms with Crippen LogP contribution in [-0.4, -0.2) is 30.7 Å². The lowest BCUT2D eigenvalue weighted by molar-refractivity contribution is 0.138. The lowest BCUT2D eigenvalue weighted by Gasteiger charge is -2.19. The maximum Gasteiger partial charge on any atom is 0.407 e. The molecule has 2 N–H and O–H groups in total. The first-order chi connectivity index (χ1) is 12.7. The van der Waals surface area contributed by atoms with Gasteiger partial charge in [-0.3, -0.25) is 4.98 Å². The summed E-state index contributed by atoms with van der Waals surface area (Å²) < 4.78 is 19.7. The monoisotopic (exact) mass is 355 g/mol. The number of pyridine rings is 1. The first-order valence-corrected chi connectivity index (χ1v) is 8.98. The molecule has 1 amide bonds. The zero-order chi connectivity index (χ0) is 18.0. The molecule has 2 fully saturated rings. The van der Waals surface area contributed by atoms with Crippen LogP contribution in [0.4, 0.5) is 9.18 Å². The highest BCUT2D eigenvalue weighted by atomic mass is 19.1. The number of piperidine rings is 1. The number of nitrogens with zero attached hydrogens (tertiary/aromatic N) is 1. The summed E-state index contributed by atoms with van der Waals surface area (Å²) in [4.78, 5) is 16.5. The Hall–Kier alpha value is -2.47. The van der Waals surface area contributed by atoms with E-state index < -0.39 is 11.5 Å². The molecule has 26 heavy (non-hydrogen) atoms. The van der Waals surface area contributed by atoms with Crippen molar-refractivity contribution in [3.63, 3.8) is 0 Å². The number of fused-ring (bicyclic) bond motifs is 1. The van der Waals surface area contributed by atoms with Gasteiger partial charge in [-0.2, -0.15) is 0 Å². The minimum absolute atomic E-state index is 0.214. The second-order valence-corrected chi connectivity index (χ2v) is 7.00. The van der Waals surface area contributed by atoms with E-state index in [9.17, 15) is 9.18 Å². The Morgan fingerprint density at radius 1 is 1.27 bits per heavy atom. The third kappa shape index (κ3) is 3.05. The molecule has 2 aromatic rings. The number of amides is 1. The number of rotatable bonds is 5. The van der Waals surface area contributed by atoms with Gasteiger partial charge in [-0.1, -0.05) is 30.3 Å². The van der Waals surface area contributed by atoms with Gasteiger partial charge < -0.3 is 15.4 Å². The molecule has 3 unspecified atom stereocenters. The topological polar surface area (TPSA) is 63.2 Å². The third-order valence-electron chi connectivity index (χ3n) is 5.63. The Morgan fingerprint density at radius 3 is 2.85 bits per heavy atom. The average Bonchev–Trinajstić information content (AvgIpc) is 3.34. The second-order valence-electron chi connectivity index (χ2n) is 7.00. The SMILES string of the molecule is O=C(NCC1(c2ncccc2F)C2CCNCC21)OCc1ccccc1. The van der Waals surface area contributed by atoms with Crippen molar-refractivity contribution in [2.75, 3.05) is 19.6 Å². The standard InChI is InChI=1S/C20H22FN3O2/c21-17-7-4-9-23-18(17)20(15-8-10-22-11-16(15)20)13-24-19(25)26-12-14-5-2-1-3-6-14/h1-7,9,15-16,22H,8,10-13H2,(H,24,25). The summed E-state index contributed by atoms with van der Waals surface area (Å²) >= 11 is 0. The molecule has 136 valence electrons. The number of nitrogens with one attached hydrogen (secondary N) is 2. The fraction of sp³-hybridized carbons (Fsp3) is 0.400. The maximum atomic E-state index is 14.4. The predicted octanol–water partition coefficient (Wildman–Crippen LogP) is 2.62. The van der Waals surface area contributed by atoms with Crippen LogP contribution in [-0.2, 0) is 16.8 Å². The molecular weight excluding hydrogens is 333 g/mol. The summed E-state index contributed by atoms with van der Waals surface area (Å²) in [5, 5.41) is 6.20. The van der Waals surface area contributed by atoms with Crippen molar-refractivity contribution in [1.82, 2.24) is 15.6 Å². The Morgan fingerprint density at radius 2 is 2.12 bits per heavy atom. The van der Waals surface area contributed by atoms with E-state index in [1.165, 1.54) is 6.07 Å². The highest BCUT2D eigenvalue weighted by Crippen LogP contribution is 2.61. The van der Waals surface area contributed by atoms with Crippen molar-refractivity contribution in [2.24, 2.45) is 11.8 Å². The smallest absolute Gasteiger partial charge is 0.407 e. The number of hydrogen-bond donors (Lipinski definition) is 2. The van der Waals surface area contributed by atoms with Gasteiger partial charge in [0.2, 0.25) is 0 Å². The molecule has 2 aliphatic rings. The number of carbonyl (C=O) groups excluding carboxylic acids is 1. The van der Waals surface area contributed by atoms with Gasteiger partial charge in [-0.05, 0) is 49.0 Å². The van der Waals surface area contributed by atoms with E-state index in [0.29, 0.717) is 18.2 Å². The van der Waals surface area contributed by atoms with Crippen molar-refractivity contribution in [1.29, 1.82) is 0 Å². The Labute approximate surface area is 152 Å². The second kappa shape index (κ2) is 7.03. The fourth-order valence-corrected chi connectivity index (χ4v) is 4.32. The molecule has 1 saturated carbocycles. The zero-order valence-electron chi connectivity index (χ0n) is 14.5. The Kier molecular flexibility index (Phi) is 4.59. The Bertz CT molecular complexity index is 772. The van der Waals surface area contributed by atoms with Crippen LogP contribution < -0.4 is 10.6 Å². The summed E-state index contributed by atoms with van der Waals surface area (Å²) in [7, 11) is 0. The first-order valence-electron chi connectivity index (χ1n) is 8.98. The van der Waals surface area contributed by atoms with Crippen LogP contribution in [0.1, 0.15) is 17.7 Å². The number of ether oxygens (including phenoxy) is 1. The molecule has 0 radical (unpaired) electrons. The van der Waals surface area contributed by atoms with Crippen molar-refractivity contribution in [2.45, 2.75) is 18.4 Å². The first kappa shape index (κ1) is 17.0. The van der Waals surface area contributed by atoms with Crippen LogP contribution in [0.2, 0.25) is 0 Å². The largest absolute Gasteiger partial charge is 0.445 e. The molecule has 1 aliphatic carbocycles. The lowest BCUT2D eigenvalue weighted by Crippen LogP contribution is -2.36. The van der Waals surface area contributed by atoms with Crippen molar-refractivity contribution in [3.05, 3.63) is 65.7 Å². The van der Waals surface area contributed by atoms with E-state index in [1.807, 2.05) is 30.3 Å². The number of benzene rings is 1. The van der Waals surface area contributed by atoms with Crippen LogP contribution >= 0.6 is 0 Å². The Balaban J connectivity index is 1.43. The molecule has 1 aromatic heterocycles. The number of hydrogen-bond acceptors (Lipinski definition) is 4. The zero-order valence-corrected chi connectivity index (χ0v) is 14.5. The average molecular weight is 355 g/mol. The minimum atomic E-state index is -0.485. The normalized spacial score (nSPS) is 26.7. The third-order valence-corrected chi connectivity index (χ3v) is 5.63. The summed E-state index contributed by atoms with van der Waals surface area (Å²) in [6.07, 6.45) is 2.09. The van der Waals surface area contributed by atoms with Crippen LogP contribution in [0.25, 0.3) is 0 Å². The molecule has 0 spiro atoms. The summed E-state index contributed by atoms with van der Waals surface area (Å²) in [6.45, 7) is 2.29. The molecule has 6 heteroatoms. The molecule has 4 rings (SSSR count). The summed E-state index contributed by atoms with van der Waals surface area (Å²) in [6, 6.07) is 12.6. The highest BCUT2D eigenvalue weighted by molar-refractivity contribution is 5.67. The van der Waals surface area contributed by atoms with Gasteiger partial charge in [0.25, 0.3) is 0 Å². The van der Waals surface area contributed by atoms with Crippen molar-refractivity contribution >= 4 is 6.09 Å². The van der Waals surface area contributed by atoms with Gasteiger partial charge >= 0.3 is 6.09 Å². The molecule has 0 bridgehead atoms. The molecule has 1 aliphatic heterocycles. The van der Waals surface area contributed by atoms with E-state index in [0.717, 1.165) is 25.1 Å². The van der Waals surface area contributed by atoms with Crippen LogP contribution in [0.15, 0.2) is 48.7 Å². The van der Waals surface area contributed by atoms with Gasteiger partial charge in [0, 0.05) is 18.2 Å². The summed E-state index contributed by atoms with van der Waals surface area (Å²) in [5.74, 6) is 0.319. The minimum Gasteiger partial charge on any atom is -0.445 e. The number of aromatic nitrogens is 1. The van der Waals surface area contributed by atoms with E-state index in [1.54, 1.807) is 12.3 Å². The molecule has 5 nitrogen and oxygen atoms in total.